The van der Waals surface area contributed by atoms with E-state index in [1.165, 1.54) is 31.1 Å². The summed E-state index contributed by atoms with van der Waals surface area (Å²) in [6.07, 6.45) is 0.0712. The van der Waals surface area contributed by atoms with E-state index in [1.54, 1.807) is 37.2 Å². The summed E-state index contributed by atoms with van der Waals surface area (Å²) in [6.45, 7) is 1.53. The first-order valence-corrected chi connectivity index (χ1v) is 16.2. The maximum Gasteiger partial charge on any atom is 0.255 e. The molecule has 0 aromatic heterocycles. The molecule has 13 nitrogen and oxygen atoms in total. The number of rotatable bonds is 6. The van der Waals surface area contributed by atoms with Crippen LogP contribution < -0.4 is 15.4 Å². The molecule has 4 atom stereocenters. The Bertz CT molecular complexity index is 1950. The van der Waals surface area contributed by atoms with Gasteiger partial charge in [0.1, 0.15) is 22.8 Å². The Morgan fingerprint density at radius 3 is 2.32 bits per heavy atom. The Morgan fingerprint density at radius 2 is 1.74 bits per heavy atom. The van der Waals surface area contributed by atoms with Gasteiger partial charge in [0, 0.05) is 31.3 Å². The zero-order chi connectivity index (χ0) is 34.7. The van der Waals surface area contributed by atoms with Crippen LogP contribution in [0.2, 0.25) is 0 Å². The number of amides is 1. The lowest BCUT2D eigenvalue weighted by molar-refractivity contribution is -0.153. The van der Waals surface area contributed by atoms with Crippen molar-refractivity contribution in [2.75, 3.05) is 39.6 Å². The summed E-state index contributed by atoms with van der Waals surface area (Å²) in [5.74, 6) is -2.07. The Hall–Kier alpha value is -4.68. The van der Waals surface area contributed by atoms with Gasteiger partial charge in [-0.2, -0.15) is 4.72 Å². The number of fused-ring (bicyclic) bond motifs is 3. The van der Waals surface area contributed by atoms with E-state index < -0.39 is 73.8 Å². The van der Waals surface area contributed by atoms with E-state index in [4.69, 9.17) is 5.73 Å². The minimum Gasteiger partial charge on any atom is -0.508 e. The number of sulfonamides is 1. The molecule has 0 aliphatic heterocycles. The number of aromatic hydroxyl groups is 1. The van der Waals surface area contributed by atoms with Crippen LogP contribution in [-0.4, -0.2) is 97.6 Å². The number of benzene rings is 2. The van der Waals surface area contributed by atoms with Crippen LogP contribution in [0.5, 0.6) is 5.75 Å². The molecule has 1 fully saturated rings. The number of primary amides is 1. The summed E-state index contributed by atoms with van der Waals surface area (Å²) in [5.41, 5.74) is 3.29. The molecule has 5 rings (SSSR count). The predicted molar refractivity (Wildman–Crippen MR) is 172 cm³/mol. The molecule has 2 aromatic carbocycles. The second-order valence-corrected chi connectivity index (χ2v) is 14.2. The van der Waals surface area contributed by atoms with E-state index in [0.29, 0.717) is 11.3 Å². The topological polar surface area (TPSA) is 211 Å². The second-order valence-electron chi connectivity index (χ2n) is 12.4. The highest BCUT2D eigenvalue weighted by atomic mass is 32.2. The maximum atomic E-state index is 14.1. The molecule has 0 spiro atoms. The quantitative estimate of drug-likeness (QED) is 0.187. The van der Waals surface area contributed by atoms with Gasteiger partial charge in [-0.3, -0.25) is 19.3 Å². The van der Waals surface area contributed by atoms with E-state index in [0.717, 1.165) is 5.56 Å². The minimum absolute atomic E-state index is 0.0297. The number of likely N-dealkylation sites (N-methyl/N-ethyl adjacent to an activating group) is 1. The average molecular weight is 665 g/mol. The molecule has 4 unspecified atom stereocenters. The van der Waals surface area contributed by atoms with Crippen LogP contribution in [0.3, 0.4) is 0 Å². The Labute approximate surface area is 272 Å². The number of carbonyl (C=O) groups excluding carboxylic acids is 3. The molecule has 3 aliphatic carbocycles. The molecule has 14 heteroatoms. The molecule has 0 saturated heterocycles. The van der Waals surface area contributed by atoms with E-state index in [2.05, 4.69) is 16.6 Å². The van der Waals surface area contributed by atoms with Crippen LogP contribution in [0.4, 0.5) is 5.69 Å². The molecule has 7 N–H and O–H groups in total. The number of ketones is 2. The number of aryl methyl sites for hydroxylation is 1. The van der Waals surface area contributed by atoms with Gasteiger partial charge in [-0.1, -0.05) is 29.5 Å². The first-order valence-electron chi connectivity index (χ1n) is 14.7. The van der Waals surface area contributed by atoms with E-state index in [9.17, 15) is 43.2 Å². The fraction of sp³-hybridized carbons (Fsp3) is 0.364. The zero-order valence-electron chi connectivity index (χ0n) is 26.5. The largest absolute Gasteiger partial charge is 0.508 e. The number of phenols is 1. The van der Waals surface area contributed by atoms with Crippen LogP contribution >= 0.6 is 0 Å². The van der Waals surface area contributed by atoms with Crippen molar-refractivity contribution in [2.24, 2.45) is 17.6 Å². The minimum atomic E-state index is -3.86. The zero-order valence-corrected chi connectivity index (χ0v) is 27.3. The predicted octanol–water partition coefficient (Wildman–Crippen LogP) is 0.668. The number of phenolic OH excluding ortho intramolecular Hbond substituents is 1. The number of hydrogen-bond donors (Lipinski definition) is 6. The van der Waals surface area contributed by atoms with Gasteiger partial charge < -0.3 is 31.1 Å². The summed E-state index contributed by atoms with van der Waals surface area (Å²) in [6, 6.07) is 6.66. The van der Waals surface area contributed by atoms with Crippen LogP contribution in [0, 0.1) is 30.6 Å². The molecule has 1 amide bonds. The highest BCUT2D eigenvalue weighted by molar-refractivity contribution is 7.89. The molecule has 3 aliphatic rings. The van der Waals surface area contributed by atoms with Gasteiger partial charge in [0.05, 0.1) is 28.6 Å². The summed E-state index contributed by atoms with van der Waals surface area (Å²) < 4.78 is 27.7. The van der Waals surface area contributed by atoms with Crippen molar-refractivity contribution in [3.05, 3.63) is 69.5 Å². The maximum absolute atomic E-state index is 14.1. The fourth-order valence-electron chi connectivity index (χ4n) is 6.86. The lowest BCUT2D eigenvalue weighted by atomic mass is 9.57. The molecule has 248 valence electrons. The van der Waals surface area contributed by atoms with Crippen LogP contribution in [0.15, 0.2) is 52.1 Å². The van der Waals surface area contributed by atoms with Crippen LogP contribution in [0.1, 0.15) is 28.7 Å². The van der Waals surface area contributed by atoms with E-state index in [1.807, 2.05) is 6.92 Å². The van der Waals surface area contributed by atoms with Gasteiger partial charge in [0.2, 0.25) is 15.8 Å². The lowest BCUT2D eigenvalue weighted by Gasteiger charge is -2.50. The smallest absolute Gasteiger partial charge is 0.255 e. The van der Waals surface area contributed by atoms with Crippen molar-refractivity contribution in [3.63, 3.8) is 0 Å². The van der Waals surface area contributed by atoms with Gasteiger partial charge in [-0.15, -0.1) is 0 Å². The first-order chi connectivity index (χ1) is 21.9. The second kappa shape index (κ2) is 11.8. The monoisotopic (exact) mass is 664 g/mol. The van der Waals surface area contributed by atoms with Gasteiger partial charge in [-0.05, 0) is 63.5 Å². The van der Waals surface area contributed by atoms with Crippen molar-refractivity contribution in [1.29, 1.82) is 0 Å². The van der Waals surface area contributed by atoms with E-state index in [-0.39, 0.29) is 41.0 Å². The average Bonchev–Trinajstić information content (AvgIpc) is 2.97. The van der Waals surface area contributed by atoms with Gasteiger partial charge in [0.25, 0.3) is 5.91 Å². The van der Waals surface area contributed by atoms with Gasteiger partial charge >= 0.3 is 0 Å². The molecule has 2 aromatic rings. The van der Waals surface area contributed by atoms with Crippen molar-refractivity contribution < 1.29 is 43.2 Å². The van der Waals surface area contributed by atoms with E-state index >= 15 is 0 Å². The number of nitrogens with two attached hydrogens (primary N) is 1. The normalized spacial score (nSPS) is 23.9. The van der Waals surface area contributed by atoms with Gasteiger partial charge in [-0.25, -0.2) is 8.42 Å². The van der Waals surface area contributed by atoms with Crippen LogP contribution in [0.25, 0.3) is 5.76 Å². The molecule has 0 bridgehead atoms. The van der Waals surface area contributed by atoms with Crippen LogP contribution in [-0.2, 0) is 30.8 Å². The highest BCUT2D eigenvalue weighted by Gasteiger charge is 2.64. The highest BCUT2D eigenvalue weighted by Crippen LogP contribution is 2.54. The summed E-state index contributed by atoms with van der Waals surface area (Å²) in [4.78, 5) is 42.8. The Kier molecular flexibility index (Phi) is 8.48. The van der Waals surface area contributed by atoms with Crippen molar-refractivity contribution in [1.82, 2.24) is 9.62 Å². The number of Topliss-reactive ketones (excluding diaryl/α,β-unsaturated/α-hetero) is 2. The third-order valence-electron chi connectivity index (χ3n) is 9.08. The summed E-state index contributed by atoms with van der Waals surface area (Å²) >= 11 is 0. The standard InChI is InChI=1S/C33H36N4O9S/c1-16-8-10-19(11-9-16)47(45,46)35-12-6-7-17-15-22(36(2)3)20-13-18-14-21-26(37(4)5)29(40)25(32(34)43)31(42)33(21,44)30(41)23(18)28(39)24(20)27(17)38/h8-11,15,18,21,26,35,38-39,42,44H,12-14H2,1-5H3,(H2,34,43). The Morgan fingerprint density at radius 1 is 1.11 bits per heavy atom. The molecule has 1 saturated carbocycles. The number of hydrogen-bond acceptors (Lipinski definition) is 11. The number of anilines is 1. The van der Waals surface area contributed by atoms with Crippen molar-refractivity contribution in [3.8, 4) is 17.6 Å². The molecular weight excluding hydrogens is 628 g/mol. The Balaban J connectivity index is 1.59. The molecular formula is C33H36N4O9S. The van der Waals surface area contributed by atoms with Gasteiger partial charge in [0.15, 0.2) is 11.4 Å². The number of aliphatic hydroxyl groups excluding tert-OH is 2. The molecule has 0 radical (unpaired) electrons. The third kappa shape index (κ3) is 5.35. The lowest BCUT2D eigenvalue weighted by Crippen LogP contribution is -2.65. The number of carbonyl (C=O) groups is 3. The molecule has 0 heterocycles. The van der Waals surface area contributed by atoms with Crippen molar-refractivity contribution in [2.45, 2.75) is 36.3 Å². The number of nitrogens with zero attached hydrogens (tertiary/aromatic N) is 2. The number of aliphatic hydroxyl groups is 3. The van der Waals surface area contributed by atoms with Crippen molar-refractivity contribution >= 4 is 38.9 Å². The summed E-state index contributed by atoms with van der Waals surface area (Å²) in [7, 11) is 2.68. The number of nitrogens with one attached hydrogen (secondary N) is 1. The first kappa shape index (κ1) is 33.7. The molecule has 47 heavy (non-hydrogen) atoms. The SMILES string of the molecule is Cc1ccc(S(=O)(=O)NCC#Cc2cc(N(C)C)c3c(c2O)C(O)=C2C(=O)C4(O)C(O)=C(C(N)=O)C(=O)C(N(C)C)C4CC2C3)cc1. The fourth-order valence-corrected chi connectivity index (χ4v) is 7.78. The summed E-state index contributed by atoms with van der Waals surface area (Å²) in [5, 5.41) is 45.8. The third-order valence-corrected chi connectivity index (χ3v) is 10.5.